The van der Waals surface area contributed by atoms with E-state index in [2.05, 4.69) is 10.0 Å². The summed E-state index contributed by atoms with van der Waals surface area (Å²) < 4.78 is 54.1. The average Bonchev–Trinajstić information content (AvgIpc) is 2.58. The molecule has 0 aliphatic heterocycles. The maximum atomic E-state index is 14.1. The van der Waals surface area contributed by atoms with Crippen LogP contribution in [-0.2, 0) is 10.0 Å². The first-order valence-corrected chi connectivity index (χ1v) is 10.0. The van der Waals surface area contributed by atoms with Gasteiger partial charge < -0.3 is 5.32 Å². The molecule has 146 valence electrons. The van der Waals surface area contributed by atoms with Gasteiger partial charge in [-0.2, -0.15) is 0 Å². The number of rotatable bonds is 6. The fraction of sp³-hybridized carbons (Fsp3) is 0.235. The fourth-order valence-corrected chi connectivity index (χ4v) is 3.95. The second-order valence-corrected chi connectivity index (χ2v) is 8.21. The maximum absolute atomic E-state index is 14.1. The second kappa shape index (κ2) is 8.52. The van der Waals surface area contributed by atoms with Crippen molar-refractivity contribution < 1.29 is 22.0 Å². The van der Waals surface area contributed by atoms with Crippen LogP contribution in [0.3, 0.4) is 0 Å². The molecule has 0 aromatic heterocycles. The SMILES string of the molecule is CCNS(=O)(=O)c1ccc(F)c(C(=O)NC(C)c2cc(F)c(Cl)cc2Cl)c1. The number of carbonyl (C=O) groups excluding carboxylic acids is 1. The summed E-state index contributed by atoms with van der Waals surface area (Å²) in [7, 11) is -3.86. The number of halogens is 4. The summed E-state index contributed by atoms with van der Waals surface area (Å²) in [6.45, 7) is 3.24. The minimum absolute atomic E-state index is 0.123. The lowest BCUT2D eigenvalue weighted by Crippen LogP contribution is -2.28. The minimum Gasteiger partial charge on any atom is -0.345 e. The molecule has 0 aliphatic rings. The molecule has 2 N–H and O–H groups in total. The third kappa shape index (κ3) is 4.95. The Morgan fingerprint density at radius 2 is 1.78 bits per heavy atom. The van der Waals surface area contributed by atoms with Crippen molar-refractivity contribution in [1.29, 1.82) is 0 Å². The van der Waals surface area contributed by atoms with Crippen molar-refractivity contribution in [3.8, 4) is 0 Å². The highest BCUT2D eigenvalue weighted by Crippen LogP contribution is 2.29. The Morgan fingerprint density at radius 3 is 2.41 bits per heavy atom. The molecule has 5 nitrogen and oxygen atoms in total. The van der Waals surface area contributed by atoms with Gasteiger partial charge in [-0.25, -0.2) is 21.9 Å². The van der Waals surface area contributed by atoms with Crippen molar-refractivity contribution >= 4 is 39.1 Å². The standard InChI is InChI=1S/C17H16Cl2F2N2O3S/c1-3-22-27(25,26)10-4-5-15(20)12(6-10)17(24)23-9(2)11-7-16(21)14(19)8-13(11)18/h4-9,22H,3H2,1-2H3,(H,23,24). The van der Waals surface area contributed by atoms with Gasteiger partial charge in [0.05, 0.1) is 21.5 Å². The lowest BCUT2D eigenvalue weighted by atomic mass is 10.1. The largest absolute Gasteiger partial charge is 0.345 e. The number of benzene rings is 2. The molecule has 0 bridgehead atoms. The zero-order chi connectivity index (χ0) is 20.4. The van der Waals surface area contributed by atoms with Crippen molar-refractivity contribution in [1.82, 2.24) is 10.0 Å². The van der Waals surface area contributed by atoms with Gasteiger partial charge in [0, 0.05) is 11.6 Å². The van der Waals surface area contributed by atoms with Crippen molar-refractivity contribution in [2.75, 3.05) is 6.54 Å². The number of amides is 1. The highest BCUT2D eigenvalue weighted by Gasteiger charge is 2.21. The lowest BCUT2D eigenvalue weighted by molar-refractivity contribution is 0.0935. The predicted molar refractivity (Wildman–Crippen MR) is 99.6 cm³/mol. The normalized spacial score (nSPS) is 12.7. The molecule has 0 spiro atoms. The van der Waals surface area contributed by atoms with Crippen molar-refractivity contribution in [2.45, 2.75) is 24.8 Å². The van der Waals surface area contributed by atoms with E-state index in [-0.39, 0.29) is 27.0 Å². The zero-order valence-corrected chi connectivity index (χ0v) is 16.6. The third-order valence-electron chi connectivity index (χ3n) is 3.68. The molecular weight excluding hydrogens is 421 g/mol. The highest BCUT2D eigenvalue weighted by atomic mass is 35.5. The third-order valence-corrected chi connectivity index (χ3v) is 5.84. The fourth-order valence-electron chi connectivity index (χ4n) is 2.34. The maximum Gasteiger partial charge on any atom is 0.254 e. The van der Waals surface area contributed by atoms with E-state index in [1.54, 1.807) is 6.92 Å². The van der Waals surface area contributed by atoms with Gasteiger partial charge in [-0.1, -0.05) is 30.1 Å². The van der Waals surface area contributed by atoms with Crippen molar-refractivity contribution in [3.63, 3.8) is 0 Å². The molecule has 27 heavy (non-hydrogen) atoms. The Morgan fingerprint density at radius 1 is 1.11 bits per heavy atom. The molecule has 1 unspecified atom stereocenters. The molecule has 2 rings (SSSR count). The van der Waals surface area contributed by atoms with Crippen LogP contribution in [0, 0.1) is 11.6 Å². The molecule has 2 aromatic rings. The van der Waals surface area contributed by atoms with E-state index in [9.17, 15) is 22.0 Å². The summed E-state index contributed by atoms with van der Waals surface area (Å²) in [5.74, 6) is -2.49. The van der Waals surface area contributed by atoms with Gasteiger partial charge in [0.2, 0.25) is 10.0 Å². The molecule has 0 heterocycles. The number of hydrogen-bond donors (Lipinski definition) is 2. The van der Waals surface area contributed by atoms with E-state index in [0.29, 0.717) is 0 Å². The Labute approximate surface area is 165 Å². The molecule has 10 heteroatoms. The van der Waals surface area contributed by atoms with Crippen LogP contribution in [0.25, 0.3) is 0 Å². The summed E-state index contributed by atoms with van der Waals surface area (Å²) >= 11 is 11.7. The van der Waals surface area contributed by atoms with Crippen LogP contribution in [0.15, 0.2) is 35.2 Å². The van der Waals surface area contributed by atoms with E-state index >= 15 is 0 Å². The van der Waals surface area contributed by atoms with Crippen LogP contribution in [0.4, 0.5) is 8.78 Å². The first-order valence-electron chi connectivity index (χ1n) is 7.81. The lowest BCUT2D eigenvalue weighted by Gasteiger charge is -2.17. The molecule has 0 saturated heterocycles. The zero-order valence-electron chi connectivity index (χ0n) is 14.3. The van der Waals surface area contributed by atoms with Gasteiger partial charge in [0.1, 0.15) is 11.6 Å². The van der Waals surface area contributed by atoms with E-state index in [0.717, 1.165) is 24.3 Å². The quantitative estimate of drug-likeness (QED) is 0.670. The van der Waals surface area contributed by atoms with Gasteiger partial charge in [0.15, 0.2) is 0 Å². The Hall–Kier alpha value is -1.74. The molecule has 0 radical (unpaired) electrons. The van der Waals surface area contributed by atoms with Crippen LogP contribution in [-0.4, -0.2) is 20.9 Å². The molecular formula is C17H16Cl2F2N2O3S. The molecule has 0 aliphatic carbocycles. The second-order valence-electron chi connectivity index (χ2n) is 5.63. The van der Waals surface area contributed by atoms with Crippen LogP contribution in [0.5, 0.6) is 0 Å². The predicted octanol–water partition coefficient (Wildman–Crippen LogP) is 4.06. The topological polar surface area (TPSA) is 75.3 Å². The summed E-state index contributed by atoms with van der Waals surface area (Å²) in [4.78, 5) is 12.2. The molecule has 1 atom stereocenters. The van der Waals surface area contributed by atoms with Gasteiger partial charge >= 0.3 is 0 Å². The van der Waals surface area contributed by atoms with Gasteiger partial charge in [-0.15, -0.1) is 0 Å². The Kier molecular flexibility index (Phi) is 6.80. The monoisotopic (exact) mass is 436 g/mol. The van der Waals surface area contributed by atoms with Crippen molar-refractivity contribution in [3.05, 3.63) is 63.1 Å². The Balaban J connectivity index is 2.32. The summed E-state index contributed by atoms with van der Waals surface area (Å²) in [6, 6.07) is 4.35. The minimum atomic E-state index is -3.86. The van der Waals surface area contributed by atoms with E-state index in [4.69, 9.17) is 23.2 Å². The first kappa shape index (κ1) is 21.6. The van der Waals surface area contributed by atoms with E-state index in [1.165, 1.54) is 13.0 Å². The number of sulfonamides is 1. The number of carbonyl (C=O) groups is 1. The molecule has 2 aromatic carbocycles. The van der Waals surface area contributed by atoms with Crippen LogP contribution >= 0.6 is 23.2 Å². The van der Waals surface area contributed by atoms with Gasteiger partial charge in [0.25, 0.3) is 5.91 Å². The first-order chi connectivity index (χ1) is 12.6. The molecule has 1 amide bonds. The van der Waals surface area contributed by atoms with E-state index in [1.807, 2.05) is 0 Å². The summed E-state index contributed by atoms with van der Waals surface area (Å²) in [6.07, 6.45) is 0. The highest BCUT2D eigenvalue weighted by molar-refractivity contribution is 7.89. The summed E-state index contributed by atoms with van der Waals surface area (Å²) in [5, 5.41) is 2.41. The van der Waals surface area contributed by atoms with Crippen molar-refractivity contribution in [2.24, 2.45) is 0 Å². The van der Waals surface area contributed by atoms with Gasteiger partial charge in [-0.05, 0) is 42.8 Å². The van der Waals surface area contributed by atoms with Crippen LogP contribution in [0.2, 0.25) is 10.0 Å². The average molecular weight is 437 g/mol. The van der Waals surface area contributed by atoms with Crippen LogP contribution < -0.4 is 10.0 Å². The molecule has 0 fully saturated rings. The van der Waals surface area contributed by atoms with E-state index < -0.39 is 39.2 Å². The van der Waals surface area contributed by atoms with Gasteiger partial charge in [-0.3, -0.25) is 4.79 Å². The summed E-state index contributed by atoms with van der Waals surface area (Å²) in [5.41, 5.74) is -0.227. The Bertz CT molecular complexity index is 984. The number of hydrogen-bond acceptors (Lipinski definition) is 3. The molecule has 0 saturated carbocycles. The smallest absolute Gasteiger partial charge is 0.254 e. The number of nitrogens with one attached hydrogen (secondary N) is 2. The van der Waals surface area contributed by atoms with Crippen LogP contribution in [0.1, 0.15) is 35.8 Å².